The first-order valence-corrected chi connectivity index (χ1v) is 12.9. The maximum absolute atomic E-state index is 13.2. The number of fused-ring (bicyclic) bond motifs is 2. The van der Waals surface area contributed by atoms with E-state index in [-0.39, 0.29) is 67.9 Å². The van der Waals surface area contributed by atoms with Gasteiger partial charge in [-0.25, -0.2) is 9.59 Å². The normalized spacial score (nSPS) is 13.2. The maximum atomic E-state index is 13.2. The Labute approximate surface area is 239 Å². The fourth-order valence-electron chi connectivity index (χ4n) is 4.26. The lowest BCUT2D eigenvalue weighted by molar-refractivity contribution is -0.384. The van der Waals surface area contributed by atoms with Crippen molar-refractivity contribution in [1.29, 1.82) is 0 Å². The van der Waals surface area contributed by atoms with E-state index in [1.807, 2.05) is 13.8 Å². The molecule has 1 aliphatic rings. The van der Waals surface area contributed by atoms with Crippen LogP contribution in [0.4, 0.5) is 5.69 Å². The topological polar surface area (TPSA) is 134 Å². The van der Waals surface area contributed by atoms with E-state index < -0.39 is 23.0 Å². The fraction of sp³-hybridized carbons (Fsp3) is 0.286. The molecule has 0 amide bonds. The van der Waals surface area contributed by atoms with Crippen molar-refractivity contribution >= 4 is 40.8 Å². The summed E-state index contributed by atoms with van der Waals surface area (Å²) in [5.41, 5.74) is 0.674. The van der Waals surface area contributed by atoms with Gasteiger partial charge in [-0.2, -0.15) is 0 Å². The van der Waals surface area contributed by atoms with E-state index in [0.717, 1.165) is 0 Å². The molecule has 0 bridgehead atoms. The summed E-state index contributed by atoms with van der Waals surface area (Å²) in [5, 5.41) is 21.9. The molecule has 3 aromatic carbocycles. The number of rotatable bonds is 7. The molecule has 0 aliphatic carbocycles. The van der Waals surface area contributed by atoms with E-state index in [4.69, 9.17) is 42.1 Å². The summed E-state index contributed by atoms with van der Waals surface area (Å²) in [6.07, 6.45) is -0.503. The number of methoxy groups -OCH3 is 1. The number of esters is 2. The lowest BCUT2D eigenvalue weighted by Crippen LogP contribution is -2.17. The number of hydrogen-bond acceptors (Lipinski definition) is 9. The molecule has 12 heteroatoms. The molecule has 1 heterocycles. The zero-order chi connectivity index (χ0) is 29.3. The Morgan fingerprint density at radius 3 is 2.40 bits per heavy atom. The number of aliphatic hydroxyl groups excluding tert-OH is 1. The Morgan fingerprint density at radius 1 is 1.12 bits per heavy atom. The van der Waals surface area contributed by atoms with Gasteiger partial charge in [-0.15, -0.1) is 0 Å². The molecular weight excluding hydrogens is 565 g/mol. The van der Waals surface area contributed by atoms with E-state index in [1.165, 1.54) is 37.4 Å². The number of benzene rings is 3. The zero-order valence-corrected chi connectivity index (χ0v) is 23.5. The van der Waals surface area contributed by atoms with Crippen molar-refractivity contribution < 1.29 is 38.6 Å². The van der Waals surface area contributed by atoms with Crippen molar-refractivity contribution in [1.82, 2.24) is 0 Å². The molecule has 0 radical (unpaired) electrons. The van der Waals surface area contributed by atoms with Gasteiger partial charge in [-0.3, -0.25) is 10.1 Å². The van der Waals surface area contributed by atoms with E-state index in [9.17, 15) is 24.8 Å². The van der Waals surface area contributed by atoms with Gasteiger partial charge in [0.15, 0.2) is 11.5 Å². The number of halogens is 2. The lowest BCUT2D eigenvalue weighted by Gasteiger charge is -2.25. The first-order valence-electron chi connectivity index (χ1n) is 12.2. The minimum Gasteiger partial charge on any atom is -0.495 e. The summed E-state index contributed by atoms with van der Waals surface area (Å²) < 4.78 is 22.8. The highest BCUT2D eigenvalue weighted by molar-refractivity contribution is 6.38. The van der Waals surface area contributed by atoms with Crippen LogP contribution in [0, 0.1) is 23.0 Å². The van der Waals surface area contributed by atoms with Crippen molar-refractivity contribution in [2.45, 2.75) is 39.9 Å². The monoisotopic (exact) mass is 589 g/mol. The molecule has 0 unspecified atom stereocenters. The van der Waals surface area contributed by atoms with Crippen LogP contribution in [0.2, 0.25) is 10.0 Å². The van der Waals surface area contributed by atoms with E-state index in [0.29, 0.717) is 17.5 Å². The number of cyclic esters (lactones) is 1. The Kier molecular flexibility index (Phi) is 8.53. The Bertz CT molecular complexity index is 1500. The predicted octanol–water partition coefficient (Wildman–Crippen LogP) is 6.98. The number of non-ortho nitro benzene ring substituents is 1. The molecule has 210 valence electrons. The number of carbonyl (C=O) groups is 2. The molecule has 3 aromatic rings. The molecule has 0 saturated heterocycles. The quantitative estimate of drug-likeness (QED) is 0.134. The first kappa shape index (κ1) is 29.1. The fourth-order valence-corrected chi connectivity index (χ4v) is 4.77. The standard InChI is InChI=1S/C28H25Cl2NO9/c1-13(2)11-19(32)17-9-10-20-21(24(17)37-4)28(34)38-12-18-22(29)14(3)23(30)26(25(18)39-20)40-27(33)15-5-7-16(8-6-15)31(35)36/h5-10,13,19,32H,11-12H2,1-4H3/t19-/m0/s1. The third-order valence-corrected chi connectivity index (χ3v) is 7.25. The molecule has 40 heavy (non-hydrogen) atoms. The number of carbonyl (C=O) groups excluding carboxylic acids is 2. The van der Waals surface area contributed by atoms with Gasteiger partial charge in [-0.1, -0.05) is 37.0 Å². The van der Waals surface area contributed by atoms with Gasteiger partial charge in [-0.05, 0) is 49.1 Å². The highest BCUT2D eigenvalue weighted by Crippen LogP contribution is 2.50. The van der Waals surface area contributed by atoms with Crippen molar-refractivity contribution in [3.63, 3.8) is 0 Å². The summed E-state index contributed by atoms with van der Waals surface area (Å²) in [5.74, 6) is -1.66. The van der Waals surface area contributed by atoms with Gasteiger partial charge in [0.2, 0.25) is 0 Å². The number of hydrogen-bond donors (Lipinski definition) is 1. The third-order valence-electron chi connectivity index (χ3n) is 6.28. The second-order valence-corrected chi connectivity index (χ2v) is 10.2. The third kappa shape index (κ3) is 5.56. The molecule has 10 nitrogen and oxygen atoms in total. The average molecular weight is 590 g/mol. The molecule has 0 aromatic heterocycles. The second-order valence-electron chi connectivity index (χ2n) is 9.47. The SMILES string of the molecule is COc1c([C@@H](O)CC(C)C)ccc2c1C(=O)OCc1c(Cl)c(C)c(Cl)c(OC(=O)c3ccc([N+](=O)[O-])cc3)c1O2. The van der Waals surface area contributed by atoms with Gasteiger partial charge >= 0.3 is 11.9 Å². The largest absolute Gasteiger partial charge is 0.495 e. The highest BCUT2D eigenvalue weighted by Gasteiger charge is 2.33. The number of aliphatic hydroxyl groups is 1. The summed E-state index contributed by atoms with van der Waals surface area (Å²) in [6, 6.07) is 7.86. The van der Waals surface area contributed by atoms with E-state index in [2.05, 4.69) is 0 Å². The molecule has 4 rings (SSSR count). The summed E-state index contributed by atoms with van der Waals surface area (Å²) >= 11 is 13.1. The van der Waals surface area contributed by atoms with Crippen LogP contribution < -0.4 is 14.2 Å². The molecule has 1 atom stereocenters. The summed E-state index contributed by atoms with van der Waals surface area (Å²) in [4.78, 5) is 36.6. The van der Waals surface area contributed by atoms with Gasteiger partial charge in [0.05, 0.1) is 39.3 Å². The van der Waals surface area contributed by atoms with Crippen LogP contribution in [0.5, 0.6) is 23.0 Å². The summed E-state index contributed by atoms with van der Waals surface area (Å²) in [7, 11) is 1.36. The minimum atomic E-state index is -0.921. The minimum absolute atomic E-state index is 0.00748. The molecular formula is C28H25Cl2NO9. The number of nitro benzene ring substituents is 1. The van der Waals surface area contributed by atoms with Gasteiger partial charge < -0.3 is 24.1 Å². The van der Waals surface area contributed by atoms with Crippen molar-refractivity contribution in [2.24, 2.45) is 5.92 Å². The van der Waals surface area contributed by atoms with Crippen LogP contribution in [0.3, 0.4) is 0 Å². The van der Waals surface area contributed by atoms with Crippen LogP contribution in [0.15, 0.2) is 36.4 Å². The molecule has 0 saturated carbocycles. The summed E-state index contributed by atoms with van der Waals surface area (Å²) in [6.45, 7) is 5.14. The van der Waals surface area contributed by atoms with Crippen molar-refractivity contribution in [3.8, 4) is 23.0 Å². The first-order chi connectivity index (χ1) is 18.9. The Morgan fingerprint density at radius 2 is 1.80 bits per heavy atom. The Hall–Kier alpha value is -3.86. The van der Waals surface area contributed by atoms with Crippen LogP contribution in [-0.2, 0) is 11.3 Å². The van der Waals surface area contributed by atoms with Crippen molar-refractivity contribution in [2.75, 3.05) is 7.11 Å². The molecule has 0 fully saturated rings. The van der Waals surface area contributed by atoms with Gasteiger partial charge in [0, 0.05) is 17.7 Å². The van der Waals surface area contributed by atoms with E-state index >= 15 is 0 Å². The van der Waals surface area contributed by atoms with Gasteiger partial charge in [0.25, 0.3) is 5.69 Å². The van der Waals surface area contributed by atoms with Crippen LogP contribution in [0.25, 0.3) is 0 Å². The maximum Gasteiger partial charge on any atom is 0.346 e. The number of nitro groups is 1. The average Bonchev–Trinajstić information content (AvgIpc) is 2.91. The number of ether oxygens (including phenoxy) is 4. The highest BCUT2D eigenvalue weighted by atomic mass is 35.5. The molecule has 0 spiro atoms. The Balaban J connectivity index is 1.83. The van der Waals surface area contributed by atoms with Crippen LogP contribution in [0.1, 0.15) is 63.8 Å². The number of nitrogens with zero attached hydrogens (tertiary/aromatic N) is 1. The van der Waals surface area contributed by atoms with E-state index in [1.54, 1.807) is 13.0 Å². The smallest absolute Gasteiger partial charge is 0.346 e. The predicted molar refractivity (Wildman–Crippen MR) is 146 cm³/mol. The zero-order valence-electron chi connectivity index (χ0n) is 21.9. The molecule has 1 N–H and O–H groups in total. The van der Waals surface area contributed by atoms with Crippen LogP contribution >= 0.6 is 23.2 Å². The van der Waals surface area contributed by atoms with Gasteiger partial charge in [0.1, 0.15) is 23.7 Å². The van der Waals surface area contributed by atoms with Crippen molar-refractivity contribution in [3.05, 3.63) is 84.4 Å². The van der Waals surface area contributed by atoms with Crippen LogP contribution in [-0.4, -0.2) is 29.1 Å². The molecule has 1 aliphatic heterocycles. The second kappa shape index (κ2) is 11.7. The lowest BCUT2D eigenvalue weighted by atomic mass is 9.96.